The number of rotatable bonds is 6. The van der Waals surface area contributed by atoms with E-state index < -0.39 is 10.8 Å². The number of nitrogens with one attached hydrogen (secondary N) is 1. The largest absolute Gasteiger partial charge is 0.313 e. The summed E-state index contributed by atoms with van der Waals surface area (Å²) in [4.78, 5) is 0. The first kappa shape index (κ1) is 15.2. The van der Waals surface area contributed by atoms with Crippen LogP contribution < -0.4 is 5.32 Å². The van der Waals surface area contributed by atoms with Crippen LogP contribution in [0, 0.1) is 0 Å². The van der Waals surface area contributed by atoms with Gasteiger partial charge in [0.1, 0.15) is 0 Å². The van der Waals surface area contributed by atoms with Crippen molar-refractivity contribution in [1.29, 1.82) is 0 Å². The fraction of sp³-hybridized carbons (Fsp3) is 0.500. The summed E-state index contributed by atoms with van der Waals surface area (Å²) in [5.74, 6) is 0. The lowest BCUT2D eigenvalue weighted by Gasteiger charge is -2.10. The molecule has 0 aromatic heterocycles. The molecule has 0 saturated carbocycles. The minimum Gasteiger partial charge on any atom is -0.313 e. The molecule has 0 aliphatic heterocycles. The van der Waals surface area contributed by atoms with Crippen molar-refractivity contribution in [3.8, 4) is 0 Å². The fourth-order valence-corrected chi connectivity index (χ4v) is 2.63. The van der Waals surface area contributed by atoms with Crippen molar-refractivity contribution in [2.45, 2.75) is 25.1 Å². The summed E-state index contributed by atoms with van der Waals surface area (Å²) in [6.45, 7) is 3.67. The second-order valence-corrected chi connectivity index (χ2v) is 7.10. The molecule has 0 bridgehead atoms. The first-order valence-electron chi connectivity index (χ1n) is 5.47. The highest BCUT2D eigenvalue weighted by atomic mass is 79.9. The zero-order chi connectivity index (χ0) is 12.8. The summed E-state index contributed by atoms with van der Waals surface area (Å²) in [5.41, 5.74) is 1.18. The van der Waals surface area contributed by atoms with Crippen LogP contribution in [0.15, 0.2) is 22.7 Å². The molecule has 1 rings (SSSR count). The van der Waals surface area contributed by atoms with Gasteiger partial charge >= 0.3 is 0 Å². The molecule has 0 heterocycles. The van der Waals surface area contributed by atoms with Gasteiger partial charge in [-0.25, -0.2) is 0 Å². The van der Waals surface area contributed by atoms with Crippen molar-refractivity contribution < 1.29 is 4.21 Å². The van der Waals surface area contributed by atoms with Gasteiger partial charge in [-0.05, 0) is 30.7 Å². The molecule has 1 aromatic rings. The van der Waals surface area contributed by atoms with Crippen molar-refractivity contribution in [2.24, 2.45) is 0 Å². The predicted molar refractivity (Wildman–Crippen MR) is 79.0 cm³/mol. The van der Waals surface area contributed by atoms with Crippen LogP contribution in [0.1, 0.15) is 18.9 Å². The Morgan fingerprint density at radius 3 is 2.82 bits per heavy atom. The second-order valence-electron chi connectivity index (χ2n) is 4.01. The zero-order valence-corrected chi connectivity index (χ0v) is 13.2. The van der Waals surface area contributed by atoms with Crippen LogP contribution in [0.3, 0.4) is 0 Å². The Morgan fingerprint density at radius 1 is 1.53 bits per heavy atom. The van der Waals surface area contributed by atoms with E-state index in [9.17, 15) is 4.21 Å². The maximum Gasteiger partial charge on any atom is 0.0417 e. The Bertz CT molecular complexity index is 400. The Labute approximate surface area is 119 Å². The van der Waals surface area contributed by atoms with E-state index in [0.29, 0.717) is 0 Å². The topological polar surface area (TPSA) is 29.1 Å². The molecule has 5 heteroatoms. The third-order valence-corrected chi connectivity index (χ3v) is 4.97. The molecule has 2 nitrogen and oxygen atoms in total. The third-order valence-electron chi connectivity index (χ3n) is 2.62. The lowest BCUT2D eigenvalue weighted by atomic mass is 10.2. The van der Waals surface area contributed by atoms with Crippen LogP contribution in [0.2, 0.25) is 5.02 Å². The summed E-state index contributed by atoms with van der Waals surface area (Å²) in [5, 5.41) is 4.32. The van der Waals surface area contributed by atoms with E-state index in [1.165, 1.54) is 5.56 Å². The molecule has 1 aromatic carbocycles. The van der Waals surface area contributed by atoms with Gasteiger partial charge in [-0.15, -0.1) is 0 Å². The van der Waals surface area contributed by atoms with Crippen molar-refractivity contribution in [1.82, 2.24) is 5.32 Å². The smallest absolute Gasteiger partial charge is 0.0417 e. The van der Waals surface area contributed by atoms with Crippen molar-refractivity contribution >= 4 is 38.3 Å². The van der Waals surface area contributed by atoms with E-state index in [4.69, 9.17) is 11.6 Å². The molecule has 0 fully saturated rings. The van der Waals surface area contributed by atoms with Gasteiger partial charge < -0.3 is 5.32 Å². The number of hydrogen-bond acceptors (Lipinski definition) is 2. The molecule has 0 aliphatic carbocycles. The first-order valence-corrected chi connectivity index (χ1v) is 8.27. The highest BCUT2D eigenvalue weighted by Gasteiger charge is 2.05. The maximum absolute atomic E-state index is 11.2. The normalized spacial score (nSPS) is 14.6. The Kier molecular flexibility index (Phi) is 6.70. The Balaban J connectivity index is 2.34. The summed E-state index contributed by atoms with van der Waals surface area (Å²) in [6.07, 6.45) is 2.68. The maximum atomic E-state index is 11.2. The van der Waals surface area contributed by atoms with E-state index in [0.717, 1.165) is 29.0 Å². The number of halogens is 2. The quantitative estimate of drug-likeness (QED) is 0.806. The van der Waals surface area contributed by atoms with Gasteiger partial charge in [0.25, 0.3) is 0 Å². The summed E-state index contributed by atoms with van der Waals surface area (Å²) in [7, 11) is -0.732. The highest BCUT2D eigenvalue weighted by molar-refractivity contribution is 9.10. The fourth-order valence-electron chi connectivity index (χ4n) is 1.36. The van der Waals surface area contributed by atoms with Crippen LogP contribution in [0.4, 0.5) is 0 Å². The third kappa shape index (κ3) is 5.51. The summed E-state index contributed by atoms with van der Waals surface area (Å²) >= 11 is 9.35. The van der Waals surface area contributed by atoms with Crippen LogP contribution >= 0.6 is 27.5 Å². The molecule has 0 radical (unpaired) electrons. The lowest BCUT2D eigenvalue weighted by Crippen LogP contribution is -2.21. The zero-order valence-electron chi connectivity index (χ0n) is 10.0. The van der Waals surface area contributed by atoms with Crippen LogP contribution in [-0.4, -0.2) is 22.3 Å². The molecule has 0 aliphatic rings. The predicted octanol–water partition coefficient (Wildman–Crippen LogP) is 3.35. The van der Waals surface area contributed by atoms with Crippen molar-refractivity contribution in [3.05, 3.63) is 33.3 Å². The van der Waals surface area contributed by atoms with E-state index in [1.54, 1.807) is 6.26 Å². The number of hydrogen-bond donors (Lipinski definition) is 1. The van der Waals surface area contributed by atoms with Crippen molar-refractivity contribution in [3.63, 3.8) is 0 Å². The van der Waals surface area contributed by atoms with E-state index in [-0.39, 0.29) is 5.25 Å². The molecule has 0 amide bonds. The van der Waals surface area contributed by atoms with Gasteiger partial charge in [0.15, 0.2) is 0 Å². The van der Waals surface area contributed by atoms with Crippen LogP contribution in [-0.2, 0) is 17.3 Å². The summed E-state index contributed by atoms with van der Waals surface area (Å²) < 4.78 is 12.2. The standard InChI is InChI=1S/C12H17BrClNOS/c1-9(17(2)16)5-6-15-8-10-3-4-11(14)7-12(10)13/h3-4,7,9,15H,5-6,8H2,1-2H3. The van der Waals surface area contributed by atoms with Crippen molar-refractivity contribution in [2.75, 3.05) is 12.8 Å². The van der Waals surface area contributed by atoms with E-state index in [1.807, 2.05) is 25.1 Å². The molecule has 17 heavy (non-hydrogen) atoms. The first-order chi connectivity index (χ1) is 8.00. The van der Waals surface area contributed by atoms with Gasteiger partial charge in [0, 0.05) is 38.3 Å². The molecular weight excluding hydrogens is 322 g/mol. The average Bonchev–Trinajstić information content (AvgIpc) is 2.26. The number of benzene rings is 1. The molecule has 1 N–H and O–H groups in total. The Morgan fingerprint density at radius 2 is 2.24 bits per heavy atom. The van der Waals surface area contributed by atoms with Gasteiger partial charge in [-0.1, -0.05) is 40.5 Å². The molecular formula is C12H17BrClNOS. The van der Waals surface area contributed by atoms with Gasteiger partial charge in [-0.3, -0.25) is 4.21 Å². The highest BCUT2D eigenvalue weighted by Crippen LogP contribution is 2.21. The molecule has 2 atom stereocenters. The SMILES string of the molecule is CC(CCNCc1ccc(Cl)cc1Br)S(C)=O. The molecule has 0 saturated heterocycles. The van der Waals surface area contributed by atoms with Crippen LogP contribution in [0.5, 0.6) is 0 Å². The van der Waals surface area contributed by atoms with Crippen LogP contribution in [0.25, 0.3) is 0 Å². The Hall–Kier alpha value is 0.1000. The average molecular weight is 339 g/mol. The van der Waals surface area contributed by atoms with E-state index in [2.05, 4.69) is 21.2 Å². The minimum absolute atomic E-state index is 0.246. The second kappa shape index (κ2) is 7.52. The van der Waals surface area contributed by atoms with Gasteiger partial charge in [0.2, 0.25) is 0 Å². The monoisotopic (exact) mass is 337 g/mol. The molecule has 2 unspecified atom stereocenters. The van der Waals surface area contributed by atoms with Gasteiger partial charge in [-0.2, -0.15) is 0 Å². The van der Waals surface area contributed by atoms with E-state index >= 15 is 0 Å². The molecule has 0 spiro atoms. The summed E-state index contributed by atoms with van der Waals surface area (Å²) in [6, 6.07) is 5.77. The molecule has 96 valence electrons. The minimum atomic E-state index is -0.732. The van der Waals surface area contributed by atoms with Gasteiger partial charge in [0.05, 0.1) is 0 Å². The lowest BCUT2D eigenvalue weighted by molar-refractivity contribution is 0.628.